The van der Waals surface area contributed by atoms with Crippen LogP contribution in [0.5, 0.6) is 0 Å². The smallest absolute Gasteiger partial charge is 0.228 e. The molecule has 26 heavy (non-hydrogen) atoms. The lowest BCUT2D eigenvalue weighted by Gasteiger charge is -2.35. The van der Waals surface area contributed by atoms with Gasteiger partial charge in [-0.1, -0.05) is 0 Å². The van der Waals surface area contributed by atoms with Crippen LogP contribution in [0.4, 0.5) is 10.8 Å². The van der Waals surface area contributed by atoms with Crippen molar-refractivity contribution in [1.29, 1.82) is 0 Å². The fourth-order valence-corrected chi connectivity index (χ4v) is 4.29. The molecule has 2 fully saturated rings. The molecule has 7 nitrogen and oxygen atoms in total. The first kappa shape index (κ1) is 17.0. The van der Waals surface area contributed by atoms with E-state index in [9.17, 15) is 9.59 Å². The third kappa shape index (κ3) is 3.55. The van der Waals surface area contributed by atoms with Crippen LogP contribution in [0.1, 0.15) is 18.5 Å². The Morgan fingerprint density at radius 1 is 1.15 bits per heavy atom. The number of nitrogens with one attached hydrogen (secondary N) is 1. The maximum atomic E-state index is 12.6. The molecule has 0 aromatic carbocycles. The minimum Gasteiger partial charge on any atom is -0.368 e. The molecule has 0 saturated carbocycles. The van der Waals surface area contributed by atoms with Crippen LogP contribution in [-0.4, -0.2) is 54.4 Å². The molecule has 0 spiro atoms. The number of rotatable bonds is 4. The van der Waals surface area contributed by atoms with Gasteiger partial charge in [0.15, 0.2) is 17.5 Å². The minimum atomic E-state index is 0.107. The van der Waals surface area contributed by atoms with Crippen molar-refractivity contribution in [2.75, 3.05) is 42.5 Å². The van der Waals surface area contributed by atoms with Crippen molar-refractivity contribution in [2.24, 2.45) is 0 Å². The highest BCUT2D eigenvalue weighted by Crippen LogP contribution is 2.25. The maximum Gasteiger partial charge on any atom is 0.228 e. The van der Waals surface area contributed by atoms with Crippen LogP contribution < -0.4 is 14.8 Å². The quantitative estimate of drug-likeness (QED) is 0.802. The predicted octanol–water partition coefficient (Wildman–Crippen LogP) is 0.975. The van der Waals surface area contributed by atoms with E-state index >= 15 is 0 Å². The highest BCUT2D eigenvalue weighted by molar-refractivity contribution is 7.14. The lowest BCUT2D eigenvalue weighted by atomic mass is 10.2. The average molecular weight is 372 g/mol. The Morgan fingerprint density at radius 3 is 2.62 bits per heavy atom. The number of anilines is 2. The Hall–Kier alpha value is -2.48. The fraction of sp³-hybridized carbons (Fsp3) is 0.444. The molecule has 2 saturated heterocycles. The Balaban J connectivity index is 1.32. The van der Waals surface area contributed by atoms with E-state index in [0.717, 1.165) is 50.0 Å². The number of hydrogen-bond acceptors (Lipinski definition) is 5. The second-order valence-electron chi connectivity index (χ2n) is 6.57. The summed E-state index contributed by atoms with van der Waals surface area (Å²) in [6.07, 6.45) is 5.61. The van der Waals surface area contributed by atoms with E-state index in [2.05, 4.69) is 14.9 Å². The van der Waals surface area contributed by atoms with E-state index in [1.54, 1.807) is 4.90 Å². The van der Waals surface area contributed by atoms with Crippen molar-refractivity contribution in [3.8, 4) is 0 Å². The average Bonchev–Trinajstić information content (AvgIpc) is 3.31. The Kier molecular flexibility index (Phi) is 4.83. The van der Waals surface area contributed by atoms with E-state index in [1.165, 1.54) is 17.0 Å². The van der Waals surface area contributed by atoms with Gasteiger partial charge >= 0.3 is 0 Å². The summed E-state index contributed by atoms with van der Waals surface area (Å²) < 4.78 is 0. The number of carbonyl (C=O) groups is 2. The van der Waals surface area contributed by atoms with Gasteiger partial charge in [0.1, 0.15) is 0 Å². The number of aromatic nitrogens is 2. The summed E-state index contributed by atoms with van der Waals surface area (Å²) in [4.78, 5) is 37.9. The first-order valence-electron chi connectivity index (χ1n) is 8.94. The van der Waals surface area contributed by atoms with Gasteiger partial charge in [-0.15, -0.1) is 11.3 Å². The van der Waals surface area contributed by atoms with Gasteiger partial charge in [0, 0.05) is 62.3 Å². The molecule has 4 rings (SSSR count). The molecule has 0 bridgehead atoms. The van der Waals surface area contributed by atoms with Crippen LogP contribution in [0.3, 0.4) is 0 Å². The molecule has 0 unspecified atom stereocenters. The van der Waals surface area contributed by atoms with E-state index in [1.807, 2.05) is 34.8 Å². The number of hydrogen-bond donors (Lipinski definition) is 0. The van der Waals surface area contributed by atoms with Gasteiger partial charge in [-0.3, -0.25) is 14.5 Å². The fourth-order valence-electron chi connectivity index (χ4n) is 3.42. The van der Waals surface area contributed by atoms with E-state index < -0.39 is 0 Å². The second kappa shape index (κ2) is 7.41. The Labute approximate surface area is 156 Å². The molecule has 2 aromatic heterocycles. The van der Waals surface area contributed by atoms with Crippen LogP contribution in [-0.2, 0) is 16.0 Å². The monoisotopic (exact) mass is 372 g/mol. The molecule has 2 aliphatic rings. The van der Waals surface area contributed by atoms with Crippen LogP contribution in [0.2, 0.25) is 0 Å². The Bertz CT molecular complexity index is 786. The second-order valence-corrected chi connectivity index (χ2v) is 7.41. The number of thiazole rings is 1. The topological polar surface area (TPSA) is 70.9 Å². The number of aromatic amines is 1. The zero-order valence-electron chi connectivity index (χ0n) is 14.6. The summed E-state index contributed by atoms with van der Waals surface area (Å²) in [7, 11) is 0. The minimum absolute atomic E-state index is 0.107. The van der Waals surface area contributed by atoms with Crippen molar-refractivity contribution in [1.82, 2.24) is 9.88 Å². The molecule has 2 amide bonds. The third-order valence-electron chi connectivity index (χ3n) is 4.87. The van der Waals surface area contributed by atoms with Crippen LogP contribution in [0.25, 0.3) is 0 Å². The first-order valence-corrected chi connectivity index (χ1v) is 9.82. The number of H-pyrrole nitrogens is 1. The molecule has 0 atom stereocenters. The molecule has 8 heteroatoms. The first-order chi connectivity index (χ1) is 12.7. The van der Waals surface area contributed by atoms with Crippen LogP contribution >= 0.6 is 11.3 Å². The van der Waals surface area contributed by atoms with E-state index in [4.69, 9.17) is 0 Å². The molecule has 4 heterocycles. The highest BCUT2D eigenvalue weighted by atomic mass is 32.1. The number of amides is 2. The largest absolute Gasteiger partial charge is 0.368 e. The lowest BCUT2D eigenvalue weighted by molar-refractivity contribution is -0.377. The van der Waals surface area contributed by atoms with Crippen molar-refractivity contribution in [3.63, 3.8) is 0 Å². The molecule has 2 aromatic rings. The van der Waals surface area contributed by atoms with Gasteiger partial charge in [0.2, 0.25) is 11.8 Å². The summed E-state index contributed by atoms with van der Waals surface area (Å²) in [5.41, 5.74) is 1.94. The van der Waals surface area contributed by atoms with Gasteiger partial charge < -0.3 is 9.80 Å². The number of carbonyl (C=O) groups excluding carboxylic acids is 2. The van der Waals surface area contributed by atoms with Gasteiger partial charge in [-0.2, -0.15) is 0 Å². The van der Waals surface area contributed by atoms with Gasteiger partial charge in [-0.25, -0.2) is 9.97 Å². The molecule has 136 valence electrons. The van der Waals surface area contributed by atoms with E-state index in [-0.39, 0.29) is 11.8 Å². The zero-order chi connectivity index (χ0) is 17.9. The standard InChI is InChI=1S/C18H21N5O2S/c24-16-2-1-7-23(16)18-20-14(13-26-18)12-17(25)22-10-8-21(9-11-22)15-3-5-19-6-4-15/h3-6,13H,1-2,7-12H2/p+1. The molecular formula is C18H22N5O2S+. The molecule has 1 N–H and O–H groups in total. The molecule has 0 aliphatic carbocycles. The highest BCUT2D eigenvalue weighted by Gasteiger charge is 2.26. The number of nitrogens with zero attached hydrogens (tertiary/aromatic N) is 4. The van der Waals surface area contributed by atoms with Crippen molar-refractivity contribution in [2.45, 2.75) is 19.3 Å². The summed E-state index contributed by atoms with van der Waals surface area (Å²) in [5.74, 6) is 0.238. The van der Waals surface area contributed by atoms with Gasteiger partial charge in [-0.05, 0) is 6.42 Å². The van der Waals surface area contributed by atoms with Gasteiger partial charge in [0.25, 0.3) is 0 Å². The Morgan fingerprint density at radius 2 is 1.92 bits per heavy atom. The maximum absolute atomic E-state index is 12.6. The summed E-state index contributed by atoms with van der Waals surface area (Å²) in [6.45, 7) is 3.84. The SMILES string of the molecule is O=C(Cc1csc(N2CCCC2=O)n1)N1CCN(c2cc[nH+]cc2)CC1. The summed E-state index contributed by atoms with van der Waals surface area (Å²) in [6, 6.07) is 4.10. The van der Waals surface area contributed by atoms with Crippen molar-refractivity contribution < 1.29 is 14.6 Å². The predicted molar refractivity (Wildman–Crippen MR) is 99.2 cm³/mol. The number of piperazine rings is 1. The van der Waals surface area contributed by atoms with Gasteiger partial charge in [0.05, 0.1) is 12.1 Å². The molecule has 0 radical (unpaired) electrons. The normalized spacial score (nSPS) is 17.8. The summed E-state index contributed by atoms with van der Waals surface area (Å²) in [5, 5.41) is 2.62. The van der Waals surface area contributed by atoms with Crippen molar-refractivity contribution >= 4 is 34.0 Å². The van der Waals surface area contributed by atoms with Crippen LogP contribution in [0, 0.1) is 0 Å². The third-order valence-corrected chi connectivity index (χ3v) is 5.79. The van der Waals surface area contributed by atoms with E-state index in [0.29, 0.717) is 12.8 Å². The lowest BCUT2D eigenvalue weighted by Crippen LogP contribution is -2.49. The summed E-state index contributed by atoms with van der Waals surface area (Å²) >= 11 is 1.45. The van der Waals surface area contributed by atoms with Crippen LogP contribution in [0.15, 0.2) is 29.9 Å². The molecular weight excluding hydrogens is 350 g/mol. The molecule has 2 aliphatic heterocycles. The van der Waals surface area contributed by atoms with Crippen molar-refractivity contribution in [3.05, 3.63) is 35.6 Å². The number of pyridine rings is 1. The zero-order valence-corrected chi connectivity index (χ0v) is 15.4.